The van der Waals surface area contributed by atoms with Crippen molar-refractivity contribution >= 4 is 16.7 Å². The van der Waals surface area contributed by atoms with E-state index < -0.39 is 0 Å². The molecular formula is C22H20N4O. The van der Waals surface area contributed by atoms with Gasteiger partial charge in [0.15, 0.2) is 5.82 Å². The number of rotatable bonds is 5. The molecule has 0 amide bonds. The third-order valence-electron chi connectivity index (χ3n) is 4.39. The predicted octanol–water partition coefficient (Wildman–Crippen LogP) is 4.04. The summed E-state index contributed by atoms with van der Waals surface area (Å²) in [5, 5.41) is 14.4. The van der Waals surface area contributed by atoms with Crippen LogP contribution in [0.3, 0.4) is 0 Å². The van der Waals surface area contributed by atoms with Gasteiger partial charge in [-0.1, -0.05) is 48.5 Å². The summed E-state index contributed by atoms with van der Waals surface area (Å²) in [4.78, 5) is 9.35. The van der Waals surface area contributed by atoms with Crippen molar-refractivity contribution in [1.29, 1.82) is 0 Å². The van der Waals surface area contributed by atoms with E-state index in [1.54, 1.807) is 12.1 Å². The first-order valence-electron chi connectivity index (χ1n) is 8.86. The summed E-state index contributed by atoms with van der Waals surface area (Å²) in [6.45, 7) is 1.10. The zero-order valence-corrected chi connectivity index (χ0v) is 14.8. The van der Waals surface area contributed by atoms with E-state index in [4.69, 9.17) is 10.7 Å². The number of benzene rings is 3. The van der Waals surface area contributed by atoms with Gasteiger partial charge in [0.05, 0.1) is 11.1 Å². The highest BCUT2D eigenvalue weighted by molar-refractivity contribution is 5.93. The molecule has 0 saturated heterocycles. The molecule has 0 spiro atoms. The average Bonchev–Trinajstić information content (AvgIpc) is 2.72. The van der Waals surface area contributed by atoms with E-state index in [0.717, 1.165) is 22.0 Å². The summed E-state index contributed by atoms with van der Waals surface area (Å²) in [7, 11) is 0. The molecule has 4 N–H and O–H groups in total. The molecule has 5 heteroatoms. The topological polar surface area (TPSA) is 84.1 Å². The number of hydrogen-bond acceptors (Lipinski definition) is 5. The first-order valence-corrected chi connectivity index (χ1v) is 8.86. The molecule has 0 aliphatic rings. The van der Waals surface area contributed by atoms with Gasteiger partial charge in [-0.15, -0.1) is 0 Å². The number of phenols is 1. The van der Waals surface area contributed by atoms with E-state index >= 15 is 0 Å². The van der Waals surface area contributed by atoms with Gasteiger partial charge in [0, 0.05) is 18.5 Å². The molecule has 4 rings (SSSR count). The molecule has 0 aliphatic heterocycles. The number of nitrogens with zero attached hydrogens (tertiary/aromatic N) is 2. The van der Waals surface area contributed by atoms with Gasteiger partial charge in [-0.25, -0.2) is 9.97 Å². The van der Waals surface area contributed by atoms with Crippen molar-refractivity contribution in [2.75, 3.05) is 18.4 Å². The number of anilines is 1. The van der Waals surface area contributed by atoms with Crippen molar-refractivity contribution in [2.45, 2.75) is 0 Å². The maximum Gasteiger partial charge on any atom is 0.165 e. The fraction of sp³-hybridized carbons (Fsp3) is 0.0909. The maximum absolute atomic E-state index is 10.2. The number of phenolic OH excluding ortho intramolecular Hbond substituents is 1. The highest BCUT2D eigenvalue weighted by Crippen LogP contribution is 2.32. The number of aromatic nitrogens is 2. The number of para-hydroxylation sites is 1. The minimum absolute atomic E-state index is 0.154. The molecule has 0 aliphatic carbocycles. The first kappa shape index (κ1) is 17.0. The molecule has 0 radical (unpaired) electrons. The van der Waals surface area contributed by atoms with Crippen molar-refractivity contribution in [3.63, 3.8) is 0 Å². The standard InChI is InChI=1S/C22H20N4O/c23-12-13-24-21-17-11-10-16(15-6-2-1-3-7-15)14-19(17)25-22(26-21)18-8-4-5-9-20(18)27/h1-11,14,27H,12-13,23H2,(H,24,25,26). The SMILES string of the molecule is NCCNc1nc(-c2ccccc2O)nc2cc(-c3ccccc3)ccc12. The second-order valence-corrected chi connectivity index (χ2v) is 6.23. The third-order valence-corrected chi connectivity index (χ3v) is 4.39. The van der Waals surface area contributed by atoms with Crippen LogP contribution in [0.25, 0.3) is 33.4 Å². The Balaban J connectivity index is 1.90. The molecule has 0 atom stereocenters. The van der Waals surface area contributed by atoms with Crippen LogP contribution < -0.4 is 11.1 Å². The summed E-state index contributed by atoms with van der Waals surface area (Å²) < 4.78 is 0. The summed E-state index contributed by atoms with van der Waals surface area (Å²) >= 11 is 0. The zero-order chi connectivity index (χ0) is 18.6. The molecule has 134 valence electrons. The van der Waals surface area contributed by atoms with Crippen molar-refractivity contribution in [3.05, 3.63) is 72.8 Å². The van der Waals surface area contributed by atoms with Crippen LogP contribution in [-0.4, -0.2) is 28.2 Å². The summed E-state index contributed by atoms with van der Waals surface area (Å²) in [5.41, 5.74) is 9.26. The molecule has 3 aromatic carbocycles. The van der Waals surface area contributed by atoms with Gasteiger partial charge in [0.2, 0.25) is 0 Å². The van der Waals surface area contributed by atoms with E-state index in [2.05, 4.69) is 28.5 Å². The van der Waals surface area contributed by atoms with E-state index in [0.29, 0.717) is 30.3 Å². The van der Waals surface area contributed by atoms with Gasteiger partial charge in [0.25, 0.3) is 0 Å². The van der Waals surface area contributed by atoms with Gasteiger partial charge in [-0.05, 0) is 35.4 Å². The number of hydrogen-bond donors (Lipinski definition) is 3. The Bertz CT molecular complexity index is 1080. The molecule has 5 nitrogen and oxygen atoms in total. The Morgan fingerprint density at radius 2 is 1.63 bits per heavy atom. The lowest BCUT2D eigenvalue weighted by molar-refractivity contribution is 0.477. The smallest absolute Gasteiger partial charge is 0.165 e. The Labute approximate surface area is 157 Å². The molecular weight excluding hydrogens is 336 g/mol. The van der Waals surface area contributed by atoms with Gasteiger partial charge < -0.3 is 16.2 Å². The number of fused-ring (bicyclic) bond motifs is 1. The maximum atomic E-state index is 10.2. The monoisotopic (exact) mass is 356 g/mol. The summed E-state index contributed by atoms with van der Waals surface area (Å²) in [6, 6.07) is 23.4. The van der Waals surface area contributed by atoms with E-state index in [1.165, 1.54) is 0 Å². The minimum atomic E-state index is 0.154. The third kappa shape index (κ3) is 3.45. The number of nitrogens with one attached hydrogen (secondary N) is 1. The largest absolute Gasteiger partial charge is 0.507 e. The molecule has 27 heavy (non-hydrogen) atoms. The highest BCUT2D eigenvalue weighted by Gasteiger charge is 2.13. The lowest BCUT2D eigenvalue weighted by atomic mass is 10.0. The van der Waals surface area contributed by atoms with Crippen LogP contribution in [0.4, 0.5) is 5.82 Å². The van der Waals surface area contributed by atoms with Crippen LogP contribution >= 0.6 is 0 Å². The molecule has 1 heterocycles. The highest BCUT2D eigenvalue weighted by atomic mass is 16.3. The van der Waals surface area contributed by atoms with Crippen LogP contribution in [0.15, 0.2) is 72.8 Å². The molecule has 0 bridgehead atoms. The lowest BCUT2D eigenvalue weighted by Gasteiger charge is -2.12. The van der Waals surface area contributed by atoms with Gasteiger partial charge >= 0.3 is 0 Å². The Morgan fingerprint density at radius 3 is 2.41 bits per heavy atom. The van der Waals surface area contributed by atoms with Gasteiger partial charge in [-0.3, -0.25) is 0 Å². The zero-order valence-electron chi connectivity index (χ0n) is 14.8. The molecule has 0 saturated carbocycles. The van der Waals surface area contributed by atoms with Crippen LogP contribution in [0.5, 0.6) is 5.75 Å². The Kier molecular flexibility index (Phi) is 4.68. The average molecular weight is 356 g/mol. The summed E-state index contributed by atoms with van der Waals surface area (Å²) in [6.07, 6.45) is 0. The van der Waals surface area contributed by atoms with Gasteiger partial charge in [0.1, 0.15) is 11.6 Å². The van der Waals surface area contributed by atoms with Crippen LogP contribution in [0, 0.1) is 0 Å². The van der Waals surface area contributed by atoms with E-state index in [1.807, 2.05) is 42.5 Å². The Hall–Kier alpha value is -3.44. The molecule has 0 fully saturated rings. The number of aromatic hydroxyl groups is 1. The fourth-order valence-corrected chi connectivity index (χ4v) is 3.05. The normalized spacial score (nSPS) is 10.9. The minimum Gasteiger partial charge on any atom is -0.507 e. The summed E-state index contributed by atoms with van der Waals surface area (Å²) in [5.74, 6) is 1.34. The second kappa shape index (κ2) is 7.43. The quantitative estimate of drug-likeness (QED) is 0.503. The molecule has 1 aromatic heterocycles. The molecule has 4 aromatic rings. The predicted molar refractivity (Wildman–Crippen MR) is 110 cm³/mol. The van der Waals surface area contributed by atoms with Crippen molar-refractivity contribution < 1.29 is 5.11 Å². The van der Waals surface area contributed by atoms with Gasteiger partial charge in [-0.2, -0.15) is 0 Å². The lowest BCUT2D eigenvalue weighted by Crippen LogP contribution is -2.14. The van der Waals surface area contributed by atoms with Crippen molar-refractivity contribution in [2.24, 2.45) is 5.73 Å². The Morgan fingerprint density at radius 1 is 0.852 bits per heavy atom. The van der Waals surface area contributed by atoms with Crippen molar-refractivity contribution in [1.82, 2.24) is 9.97 Å². The van der Waals surface area contributed by atoms with Crippen molar-refractivity contribution in [3.8, 4) is 28.3 Å². The van der Waals surface area contributed by atoms with E-state index in [9.17, 15) is 5.11 Å². The first-order chi connectivity index (χ1) is 13.3. The fourth-order valence-electron chi connectivity index (χ4n) is 3.05. The second-order valence-electron chi connectivity index (χ2n) is 6.23. The van der Waals surface area contributed by atoms with Crippen LogP contribution in [0.2, 0.25) is 0 Å². The van der Waals surface area contributed by atoms with Crippen LogP contribution in [-0.2, 0) is 0 Å². The van der Waals surface area contributed by atoms with Crippen LogP contribution in [0.1, 0.15) is 0 Å². The van der Waals surface area contributed by atoms with E-state index in [-0.39, 0.29) is 5.75 Å². The number of nitrogens with two attached hydrogens (primary N) is 1. The molecule has 0 unspecified atom stereocenters.